The van der Waals surface area contributed by atoms with Gasteiger partial charge in [0.2, 0.25) is 0 Å². The number of imidazole rings is 1. The molecule has 148 valence electrons. The molecule has 1 aromatic heterocycles. The van der Waals surface area contributed by atoms with Gasteiger partial charge in [-0.3, -0.25) is 14.4 Å². The van der Waals surface area contributed by atoms with Gasteiger partial charge in [-0.05, 0) is 50.5 Å². The van der Waals surface area contributed by atoms with Crippen LogP contribution in [0.3, 0.4) is 0 Å². The summed E-state index contributed by atoms with van der Waals surface area (Å²) in [6.45, 7) is 2.93. The number of carbonyl (C=O) groups excluding carboxylic acids is 3. The standard InChI is InChI=1S/C20H24N4O4/c1-13(25)14-6-8-15(9-7-14)22-20(27)18-23-17(19(26)21-10-12-28-2)16-5-3-4-11-24(16)18/h6-9H,3-5,10-12H2,1-2H3,(H,21,26)(H,22,27). The molecule has 2 aromatic rings. The van der Waals surface area contributed by atoms with Crippen molar-refractivity contribution in [2.45, 2.75) is 32.7 Å². The number of nitrogens with one attached hydrogen (secondary N) is 2. The minimum Gasteiger partial charge on any atom is -0.383 e. The number of methoxy groups -OCH3 is 1. The molecule has 28 heavy (non-hydrogen) atoms. The molecule has 0 aliphatic carbocycles. The van der Waals surface area contributed by atoms with E-state index in [0.717, 1.165) is 18.5 Å². The Hall–Kier alpha value is -3.00. The van der Waals surface area contributed by atoms with Crippen molar-refractivity contribution >= 4 is 23.3 Å². The molecule has 0 radical (unpaired) electrons. The van der Waals surface area contributed by atoms with Crippen molar-refractivity contribution in [1.82, 2.24) is 14.9 Å². The molecule has 1 aromatic carbocycles. The lowest BCUT2D eigenvalue weighted by Gasteiger charge is -2.17. The first kappa shape index (κ1) is 19.8. The largest absolute Gasteiger partial charge is 0.383 e. The molecule has 1 aliphatic heterocycles. The first-order chi connectivity index (χ1) is 13.5. The number of hydrogen-bond donors (Lipinski definition) is 2. The molecule has 0 atom stereocenters. The molecule has 0 saturated carbocycles. The molecule has 0 bridgehead atoms. The topological polar surface area (TPSA) is 102 Å². The van der Waals surface area contributed by atoms with Crippen molar-refractivity contribution in [3.05, 3.63) is 47.0 Å². The quantitative estimate of drug-likeness (QED) is 0.562. The van der Waals surface area contributed by atoms with Crippen LogP contribution >= 0.6 is 0 Å². The number of carbonyl (C=O) groups is 3. The predicted octanol–water partition coefficient (Wildman–Crippen LogP) is 2.05. The molecule has 0 spiro atoms. The second kappa shape index (κ2) is 8.79. The van der Waals surface area contributed by atoms with Crippen molar-refractivity contribution in [3.63, 3.8) is 0 Å². The lowest BCUT2D eigenvalue weighted by atomic mass is 10.1. The van der Waals surface area contributed by atoms with E-state index in [1.807, 2.05) is 4.57 Å². The summed E-state index contributed by atoms with van der Waals surface area (Å²) in [6, 6.07) is 6.67. The number of Topliss-reactive ketones (excluding diaryl/α,β-unsaturated/α-hetero) is 1. The summed E-state index contributed by atoms with van der Waals surface area (Å²) in [5.41, 5.74) is 2.23. The van der Waals surface area contributed by atoms with Crippen molar-refractivity contribution in [2.24, 2.45) is 0 Å². The Labute approximate surface area is 163 Å². The van der Waals surface area contributed by atoms with Crippen molar-refractivity contribution < 1.29 is 19.1 Å². The number of anilines is 1. The van der Waals surface area contributed by atoms with Gasteiger partial charge in [-0.2, -0.15) is 0 Å². The van der Waals surface area contributed by atoms with Crippen molar-refractivity contribution in [2.75, 3.05) is 25.6 Å². The van der Waals surface area contributed by atoms with E-state index in [4.69, 9.17) is 4.74 Å². The highest BCUT2D eigenvalue weighted by molar-refractivity contribution is 6.04. The number of hydrogen-bond acceptors (Lipinski definition) is 5. The van der Waals surface area contributed by atoms with E-state index in [9.17, 15) is 14.4 Å². The van der Waals surface area contributed by atoms with E-state index in [1.165, 1.54) is 6.92 Å². The maximum atomic E-state index is 12.8. The van der Waals surface area contributed by atoms with Crippen LogP contribution in [0.1, 0.15) is 56.9 Å². The summed E-state index contributed by atoms with van der Waals surface area (Å²) in [7, 11) is 1.57. The highest BCUT2D eigenvalue weighted by Gasteiger charge is 2.27. The Morgan fingerprint density at radius 3 is 2.57 bits per heavy atom. The van der Waals surface area contributed by atoms with Gasteiger partial charge in [0.05, 0.1) is 12.3 Å². The Morgan fingerprint density at radius 2 is 1.89 bits per heavy atom. The van der Waals surface area contributed by atoms with Crippen LogP contribution in [0.15, 0.2) is 24.3 Å². The van der Waals surface area contributed by atoms with Gasteiger partial charge in [0.15, 0.2) is 11.6 Å². The number of benzene rings is 1. The number of aromatic nitrogens is 2. The molecular weight excluding hydrogens is 360 g/mol. The summed E-state index contributed by atoms with van der Waals surface area (Å²) < 4.78 is 6.78. The minimum absolute atomic E-state index is 0.0377. The first-order valence-electron chi connectivity index (χ1n) is 9.30. The van der Waals surface area contributed by atoms with E-state index < -0.39 is 0 Å². The van der Waals surface area contributed by atoms with Gasteiger partial charge in [-0.15, -0.1) is 0 Å². The Morgan fingerprint density at radius 1 is 1.14 bits per heavy atom. The second-order valence-corrected chi connectivity index (χ2v) is 6.68. The zero-order valence-corrected chi connectivity index (χ0v) is 16.1. The van der Waals surface area contributed by atoms with E-state index in [-0.39, 0.29) is 23.4 Å². The monoisotopic (exact) mass is 384 g/mol. The van der Waals surface area contributed by atoms with Crippen molar-refractivity contribution in [1.29, 1.82) is 0 Å². The summed E-state index contributed by atoms with van der Waals surface area (Å²) in [5.74, 6) is -0.492. The van der Waals surface area contributed by atoms with Crippen LogP contribution in [-0.4, -0.2) is 47.4 Å². The third-order valence-corrected chi connectivity index (χ3v) is 4.68. The fraction of sp³-hybridized carbons (Fsp3) is 0.400. The van der Waals surface area contributed by atoms with Crippen LogP contribution in [0.5, 0.6) is 0 Å². The van der Waals surface area contributed by atoms with Crippen LogP contribution in [0.4, 0.5) is 5.69 Å². The molecule has 3 rings (SSSR count). The molecule has 0 unspecified atom stereocenters. The third-order valence-electron chi connectivity index (χ3n) is 4.68. The molecule has 2 heterocycles. The van der Waals surface area contributed by atoms with Gasteiger partial charge in [0.1, 0.15) is 5.69 Å². The summed E-state index contributed by atoms with van der Waals surface area (Å²) in [6.07, 6.45) is 2.60. The molecular formula is C20H24N4O4. The molecule has 1 aliphatic rings. The smallest absolute Gasteiger partial charge is 0.291 e. The lowest BCUT2D eigenvalue weighted by molar-refractivity contribution is 0.0930. The first-order valence-corrected chi connectivity index (χ1v) is 9.30. The average Bonchev–Trinajstić information content (AvgIpc) is 3.08. The number of amides is 2. The van der Waals surface area contributed by atoms with Gasteiger partial charge in [0, 0.05) is 31.5 Å². The fourth-order valence-electron chi connectivity index (χ4n) is 3.22. The average molecular weight is 384 g/mol. The van der Waals surface area contributed by atoms with Gasteiger partial charge in [-0.1, -0.05) is 0 Å². The zero-order chi connectivity index (χ0) is 20.1. The number of nitrogens with zero attached hydrogens (tertiary/aromatic N) is 2. The lowest BCUT2D eigenvalue weighted by Crippen LogP contribution is -2.28. The van der Waals surface area contributed by atoms with E-state index >= 15 is 0 Å². The Balaban J connectivity index is 1.81. The van der Waals surface area contributed by atoms with E-state index in [1.54, 1.807) is 31.4 Å². The van der Waals surface area contributed by atoms with Gasteiger partial charge in [-0.25, -0.2) is 4.98 Å². The van der Waals surface area contributed by atoms with Crippen LogP contribution in [0, 0.1) is 0 Å². The Bertz CT molecular complexity index is 886. The zero-order valence-electron chi connectivity index (χ0n) is 16.1. The predicted molar refractivity (Wildman–Crippen MR) is 104 cm³/mol. The van der Waals surface area contributed by atoms with Crippen molar-refractivity contribution in [3.8, 4) is 0 Å². The van der Waals surface area contributed by atoms with Crippen LogP contribution < -0.4 is 10.6 Å². The van der Waals surface area contributed by atoms with E-state index in [2.05, 4.69) is 15.6 Å². The van der Waals surface area contributed by atoms with Gasteiger partial charge in [0.25, 0.3) is 11.8 Å². The van der Waals surface area contributed by atoms with Crippen LogP contribution in [-0.2, 0) is 17.7 Å². The molecule has 0 saturated heterocycles. The van der Waals surface area contributed by atoms with Gasteiger partial charge >= 0.3 is 0 Å². The number of ether oxygens (including phenoxy) is 1. The number of fused-ring (bicyclic) bond motifs is 1. The summed E-state index contributed by atoms with van der Waals surface area (Å²) in [5, 5.41) is 5.56. The van der Waals surface area contributed by atoms with Gasteiger partial charge < -0.3 is 19.9 Å². The molecule has 2 N–H and O–H groups in total. The van der Waals surface area contributed by atoms with Crippen LogP contribution in [0.25, 0.3) is 0 Å². The molecule has 0 fully saturated rings. The summed E-state index contributed by atoms with van der Waals surface area (Å²) in [4.78, 5) is 41.0. The normalized spacial score (nSPS) is 12.9. The minimum atomic E-state index is -0.380. The molecule has 8 nitrogen and oxygen atoms in total. The SMILES string of the molecule is COCCNC(=O)c1nc(C(=O)Nc2ccc(C(C)=O)cc2)n2c1CCCC2. The highest BCUT2D eigenvalue weighted by Crippen LogP contribution is 2.22. The highest BCUT2D eigenvalue weighted by atomic mass is 16.5. The maximum Gasteiger partial charge on any atom is 0.291 e. The fourth-order valence-corrected chi connectivity index (χ4v) is 3.22. The second-order valence-electron chi connectivity index (χ2n) is 6.68. The van der Waals surface area contributed by atoms with Crippen LogP contribution in [0.2, 0.25) is 0 Å². The molecule has 2 amide bonds. The van der Waals surface area contributed by atoms with E-state index in [0.29, 0.717) is 43.1 Å². The summed E-state index contributed by atoms with van der Waals surface area (Å²) >= 11 is 0. The maximum absolute atomic E-state index is 12.8. The molecule has 8 heteroatoms. The Kier molecular flexibility index (Phi) is 6.20. The number of rotatable bonds is 7. The third kappa shape index (κ3) is 4.28. The number of ketones is 1.